The molecule has 4 nitrogen and oxygen atoms in total. The molecule has 1 heterocycles. The van der Waals surface area contributed by atoms with Gasteiger partial charge < -0.3 is 18.9 Å². The van der Waals surface area contributed by atoms with Crippen LogP contribution in [0.1, 0.15) is 22.3 Å². The molecule has 5 aromatic carbocycles. The first-order valence-corrected chi connectivity index (χ1v) is 14.1. The van der Waals surface area contributed by atoms with Gasteiger partial charge >= 0.3 is 0 Å². The van der Waals surface area contributed by atoms with E-state index in [1.54, 1.807) is 0 Å². The Morgan fingerprint density at radius 3 is 1.78 bits per heavy atom. The first-order chi connectivity index (χ1) is 20.3. The van der Waals surface area contributed by atoms with Gasteiger partial charge in [0.15, 0.2) is 6.10 Å². The molecule has 0 amide bonds. The fourth-order valence-corrected chi connectivity index (χ4v) is 5.19. The first-order valence-electron chi connectivity index (χ1n) is 14.1. The van der Waals surface area contributed by atoms with E-state index in [2.05, 4.69) is 84.9 Å². The Balaban J connectivity index is 1.31. The van der Waals surface area contributed by atoms with Crippen LogP contribution in [0.2, 0.25) is 0 Å². The second kappa shape index (κ2) is 13.4. The van der Waals surface area contributed by atoms with Gasteiger partial charge in [-0.05, 0) is 33.5 Å². The Morgan fingerprint density at radius 1 is 0.537 bits per heavy atom. The predicted molar refractivity (Wildman–Crippen MR) is 163 cm³/mol. The second-order valence-electron chi connectivity index (χ2n) is 10.2. The van der Waals surface area contributed by atoms with Crippen LogP contribution in [0.4, 0.5) is 0 Å². The van der Waals surface area contributed by atoms with Gasteiger partial charge in [-0.15, -0.1) is 0 Å². The number of fused-ring (bicyclic) bond motifs is 1. The van der Waals surface area contributed by atoms with Gasteiger partial charge in [0.05, 0.1) is 26.4 Å². The quantitative estimate of drug-likeness (QED) is 0.170. The van der Waals surface area contributed by atoms with E-state index in [-0.39, 0.29) is 18.3 Å². The van der Waals surface area contributed by atoms with E-state index in [0.717, 1.165) is 38.8 Å². The molecule has 0 N–H and O–H groups in total. The van der Waals surface area contributed by atoms with Crippen molar-refractivity contribution in [3.8, 4) is 0 Å². The average molecular weight is 543 g/mol. The van der Waals surface area contributed by atoms with E-state index in [4.69, 9.17) is 18.9 Å². The number of rotatable bonds is 11. The van der Waals surface area contributed by atoms with Crippen molar-refractivity contribution in [1.29, 1.82) is 0 Å². The maximum Gasteiger partial charge on any atom is 0.151 e. The summed E-state index contributed by atoms with van der Waals surface area (Å²) in [6.45, 7) is 1.77. The van der Waals surface area contributed by atoms with Crippen molar-refractivity contribution in [3.05, 3.63) is 162 Å². The molecule has 0 unspecified atom stereocenters. The van der Waals surface area contributed by atoms with Gasteiger partial charge in [0.1, 0.15) is 18.0 Å². The molecule has 0 saturated heterocycles. The minimum Gasteiger partial charge on any atom is -0.485 e. The Kier molecular flexibility index (Phi) is 8.83. The molecular weight excluding hydrogens is 508 g/mol. The van der Waals surface area contributed by atoms with E-state index >= 15 is 0 Å². The van der Waals surface area contributed by atoms with Gasteiger partial charge in [0.25, 0.3) is 0 Å². The Hall–Kier alpha value is -4.22. The number of hydrogen-bond acceptors (Lipinski definition) is 4. The minimum atomic E-state index is -0.373. The lowest BCUT2D eigenvalue weighted by atomic mass is 9.97. The predicted octanol–water partition coefficient (Wildman–Crippen LogP) is 7.97. The van der Waals surface area contributed by atoms with Crippen LogP contribution in [-0.2, 0) is 38.8 Å². The highest BCUT2D eigenvalue weighted by Gasteiger charge is 2.37. The van der Waals surface area contributed by atoms with Crippen LogP contribution in [-0.4, -0.2) is 24.9 Å². The fourth-order valence-electron chi connectivity index (χ4n) is 5.19. The molecule has 206 valence electrons. The maximum atomic E-state index is 6.73. The molecule has 1 aliphatic rings. The molecular formula is C37H34O4. The van der Waals surface area contributed by atoms with Gasteiger partial charge in [0.2, 0.25) is 0 Å². The molecule has 0 spiro atoms. The van der Waals surface area contributed by atoms with Crippen molar-refractivity contribution < 1.29 is 18.9 Å². The molecule has 0 radical (unpaired) electrons. The topological polar surface area (TPSA) is 36.9 Å². The van der Waals surface area contributed by atoms with Crippen LogP contribution in [0.5, 0.6) is 0 Å². The molecule has 6 rings (SSSR count). The number of hydrogen-bond donors (Lipinski definition) is 0. The second-order valence-corrected chi connectivity index (χ2v) is 10.2. The molecule has 41 heavy (non-hydrogen) atoms. The number of benzene rings is 5. The Morgan fingerprint density at radius 2 is 1.10 bits per heavy atom. The molecule has 0 fully saturated rings. The minimum absolute atomic E-state index is 0.341. The largest absolute Gasteiger partial charge is 0.485 e. The summed E-state index contributed by atoms with van der Waals surface area (Å²) in [6.07, 6.45) is 0.996. The summed E-state index contributed by atoms with van der Waals surface area (Å²) in [5.41, 5.74) is 4.36. The molecule has 0 saturated carbocycles. The SMILES string of the molecule is C1=C(c2cccc3ccccc23)O[C@H](COCc2ccccc2)[C@@H](OCc2ccccc2)[C@@H]1OCc1ccccc1. The van der Waals surface area contributed by atoms with Gasteiger partial charge in [-0.25, -0.2) is 0 Å². The summed E-state index contributed by atoms with van der Waals surface area (Å²) < 4.78 is 26.1. The monoisotopic (exact) mass is 542 g/mol. The summed E-state index contributed by atoms with van der Waals surface area (Å²) in [7, 11) is 0. The van der Waals surface area contributed by atoms with Gasteiger partial charge in [-0.3, -0.25) is 0 Å². The Bertz CT molecular complexity index is 1540. The highest BCUT2D eigenvalue weighted by Crippen LogP contribution is 2.34. The molecule has 0 aromatic heterocycles. The summed E-state index contributed by atoms with van der Waals surface area (Å²) in [5, 5.41) is 2.30. The average Bonchev–Trinajstić information content (AvgIpc) is 3.04. The van der Waals surface area contributed by atoms with Gasteiger partial charge in [0, 0.05) is 5.56 Å². The molecule has 0 aliphatic carbocycles. The zero-order valence-corrected chi connectivity index (χ0v) is 23.0. The summed E-state index contributed by atoms with van der Waals surface area (Å²) in [5.74, 6) is 0.785. The first kappa shape index (κ1) is 27.0. The molecule has 5 aromatic rings. The fraction of sp³-hybridized carbons (Fsp3) is 0.189. The zero-order valence-electron chi connectivity index (χ0n) is 23.0. The van der Waals surface area contributed by atoms with Crippen molar-refractivity contribution in [2.24, 2.45) is 0 Å². The lowest BCUT2D eigenvalue weighted by molar-refractivity contribution is -0.141. The van der Waals surface area contributed by atoms with Crippen LogP contribution in [0.25, 0.3) is 16.5 Å². The van der Waals surface area contributed by atoms with Crippen molar-refractivity contribution >= 4 is 16.5 Å². The van der Waals surface area contributed by atoms with E-state index in [1.807, 2.05) is 54.6 Å². The summed E-state index contributed by atoms with van der Waals surface area (Å²) in [4.78, 5) is 0. The van der Waals surface area contributed by atoms with E-state index in [9.17, 15) is 0 Å². The van der Waals surface area contributed by atoms with E-state index < -0.39 is 0 Å². The molecule has 1 aliphatic heterocycles. The zero-order chi connectivity index (χ0) is 27.7. The third-order valence-electron chi connectivity index (χ3n) is 7.30. The highest BCUT2D eigenvalue weighted by molar-refractivity contribution is 5.92. The van der Waals surface area contributed by atoms with Crippen LogP contribution >= 0.6 is 0 Å². The summed E-state index contributed by atoms with van der Waals surface area (Å²) >= 11 is 0. The standard InChI is InChI=1S/C37H34O4/c1-4-13-28(14-5-1)24-38-27-36-37(40-26-30-17-8-3-9-18-30)35(39-25-29-15-6-2-7-16-29)23-34(41-36)33-22-12-20-31-19-10-11-21-32(31)33/h1-23,35-37H,24-27H2/t35-,36-,37+/m1/s1. The van der Waals surface area contributed by atoms with Crippen LogP contribution in [0.15, 0.2) is 140 Å². The van der Waals surface area contributed by atoms with Crippen LogP contribution < -0.4 is 0 Å². The third kappa shape index (κ3) is 6.93. The lowest BCUT2D eigenvalue weighted by Gasteiger charge is -2.37. The van der Waals surface area contributed by atoms with Crippen molar-refractivity contribution in [1.82, 2.24) is 0 Å². The Labute approximate surface area is 241 Å². The van der Waals surface area contributed by atoms with Crippen molar-refractivity contribution in [3.63, 3.8) is 0 Å². The van der Waals surface area contributed by atoms with Crippen LogP contribution in [0.3, 0.4) is 0 Å². The normalized spacial score (nSPS) is 18.5. The van der Waals surface area contributed by atoms with Gasteiger partial charge in [-0.1, -0.05) is 133 Å². The summed E-state index contributed by atoms with van der Waals surface area (Å²) in [6, 6.07) is 45.3. The van der Waals surface area contributed by atoms with E-state index in [0.29, 0.717) is 26.4 Å². The third-order valence-corrected chi connectivity index (χ3v) is 7.30. The number of ether oxygens (including phenoxy) is 4. The highest BCUT2D eigenvalue weighted by atomic mass is 16.6. The molecule has 4 heteroatoms. The van der Waals surface area contributed by atoms with Crippen molar-refractivity contribution in [2.45, 2.75) is 38.1 Å². The van der Waals surface area contributed by atoms with Gasteiger partial charge in [-0.2, -0.15) is 0 Å². The smallest absolute Gasteiger partial charge is 0.151 e. The van der Waals surface area contributed by atoms with E-state index in [1.165, 1.54) is 0 Å². The molecule has 0 bridgehead atoms. The maximum absolute atomic E-state index is 6.73. The van der Waals surface area contributed by atoms with Crippen LogP contribution in [0, 0.1) is 0 Å². The molecule has 3 atom stereocenters. The van der Waals surface area contributed by atoms with Crippen molar-refractivity contribution in [2.75, 3.05) is 6.61 Å². The lowest BCUT2D eigenvalue weighted by Crippen LogP contribution is -2.46.